The number of Topliss-reactive ketones (excluding diaryl/α,β-unsaturated/α-hetero) is 1. The van der Waals surface area contributed by atoms with Crippen molar-refractivity contribution in [1.82, 2.24) is 0 Å². The summed E-state index contributed by atoms with van der Waals surface area (Å²) in [5, 5.41) is 2.79. The summed E-state index contributed by atoms with van der Waals surface area (Å²) in [6.45, 7) is 1.34. The number of carbonyl (C=O) groups excluding carboxylic acids is 2. The minimum Gasteiger partial charge on any atom is -0.484 e. The van der Waals surface area contributed by atoms with Crippen molar-refractivity contribution in [2.24, 2.45) is 0 Å². The first-order chi connectivity index (χ1) is 13.1. The van der Waals surface area contributed by atoms with Gasteiger partial charge in [-0.3, -0.25) is 9.59 Å². The molecule has 1 N–H and O–H groups in total. The molecule has 0 radical (unpaired) electrons. The number of anilines is 1. The van der Waals surface area contributed by atoms with Crippen LogP contribution in [0.15, 0.2) is 78.9 Å². The number of ketones is 1. The van der Waals surface area contributed by atoms with Crippen molar-refractivity contribution >= 4 is 17.4 Å². The fourth-order valence-electron chi connectivity index (χ4n) is 2.40. The Morgan fingerprint density at radius 3 is 2.19 bits per heavy atom. The van der Waals surface area contributed by atoms with Crippen molar-refractivity contribution in [2.75, 3.05) is 11.9 Å². The molecule has 3 rings (SSSR count). The Morgan fingerprint density at radius 2 is 1.48 bits per heavy atom. The van der Waals surface area contributed by atoms with Gasteiger partial charge in [-0.05, 0) is 55.5 Å². The van der Waals surface area contributed by atoms with Gasteiger partial charge in [-0.15, -0.1) is 0 Å². The number of benzene rings is 3. The van der Waals surface area contributed by atoms with E-state index in [2.05, 4.69) is 5.32 Å². The van der Waals surface area contributed by atoms with Crippen LogP contribution >= 0.6 is 0 Å². The van der Waals surface area contributed by atoms with E-state index >= 15 is 0 Å². The maximum Gasteiger partial charge on any atom is 0.262 e. The first kappa shape index (κ1) is 18.2. The largest absolute Gasteiger partial charge is 0.484 e. The Morgan fingerprint density at radius 1 is 0.815 bits per heavy atom. The van der Waals surface area contributed by atoms with E-state index in [1.165, 1.54) is 6.92 Å². The van der Waals surface area contributed by atoms with Crippen molar-refractivity contribution in [2.45, 2.75) is 6.92 Å². The summed E-state index contributed by atoms with van der Waals surface area (Å²) in [6.07, 6.45) is 0. The number of rotatable bonds is 7. The highest BCUT2D eigenvalue weighted by atomic mass is 16.5. The molecule has 0 atom stereocenters. The predicted octanol–water partition coefficient (Wildman–Crippen LogP) is 4.70. The Bertz CT molecular complexity index is 921. The third-order valence-electron chi connectivity index (χ3n) is 3.76. The smallest absolute Gasteiger partial charge is 0.262 e. The third-order valence-corrected chi connectivity index (χ3v) is 3.76. The average molecular weight is 361 g/mol. The lowest BCUT2D eigenvalue weighted by Crippen LogP contribution is -2.20. The Labute approximate surface area is 157 Å². The zero-order valence-corrected chi connectivity index (χ0v) is 14.8. The summed E-state index contributed by atoms with van der Waals surface area (Å²) in [5.74, 6) is 1.41. The Kier molecular flexibility index (Phi) is 5.84. The van der Waals surface area contributed by atoms with E-state index in [0.717, 1.165) is 0 Å². The minimum atomic E-state index is -0.310. The van der Waals surface area contributed by atoms with Crippen molar-refractivity contribution in [3.63, 3.8) is 0 Å². The van der Waals surface area contributed by atoms with Gasteiger partial charge < -0.3 is 14.8 Å². The second-order valence-electron chi connectivity index (χ2n) is 5.83. The molecule has 0 saturated carbocycles. The highest BCUT2D eigenvalue weighted by Gasteiger charge is 2.09. The molecule has 5 heteroatoms. The van der Waals surface area contributed by atoms with Gasteiger partial charge in [0.2, 0.25) is 0 Å². The molecule has 0 spiro atoms. The second-order valence-corrected chi connectivity index (χ2v) is 5.83. The molecule has 3 aromatic rings. The summed E-state index contributed by atoms with van der Waals surface area (Å²) in [4.78, 5) is 23.5. The first-order valence-electron chi connectivity index (χ1n) is 8.47. The average Bonchev–Trinajstić information content (AvgIpc) is 2.69. The molecule has 0 heterocycles. The van der Waals surface area contributed by atoms with Gasteiger partial charge in [0.1, 0.15) is 11.5 Å². The molecule has 5 nitrogen and oxygen atoms in total. The van der Waals surface area contributed by atoms with Crippen LogP contribution in [0.4, 0.5) is 5.69 Å². The van der Waals surface area contributed by atoms with E-state index in [9.17, 15) is 9.59 Å². The predicted molar refractivity (Wildman–Crippen MR) is 104 cm³/mol. The van der Waals surface area contributed by atoms with Gasteiger partial charge >= 0.3 is 0 Å². The molecule has 3 aromatic carbocycles. The Balaban J connectivity index is 1.60. The molecule has 0 aliphatic heterocycles. The van der Waals surface area contributed by atoms with E-state index in [1.807, 2.05) is 42.5 Å². The van der Waals surface area contributed by atoms with Gasteiger partial charge in [0.05, 0.1) is 5.69 Å². The van der Waals surface area contributed by atoms with Crippen LogP contribution in [0, 0.1) is 0 Å². The van der Waals surface area contributed by atoms with E-state index < -0.39 is 0 Å². The Hall–Kier alpha value is -3.60. The van der Waals surface area contributed by atoms with E-state index in [0.29, 0.717) is 28.5 Å². The number of hydrogen-bond donors (Lipinski definition) is 1. The molecule has 0 aromatic heterocycles. The molecule has 27 heavy (non-hydrogen) atoms. The fraction of sp³-hybridized carbons (Fsp3) is 0.0909. The molecule has 0 saturated heterocycles. The van der Waals surface area contributed by atoms with Crippen LogP contribution in [-0.2, 0) is 4.79 Å². The van der Waals surface area contributed by atoms with Gasteiger partial charge in [0, 0.05) is 5.56 Å². The number of amides is 1. The second kappa shape index (κ2) is 8.67. The van der Waals surface area contributed by atoms with Crippen LogP contribution in [0.25, 0.3) is 0 Å². The molecule has 0 fully saturated rings. The number of carbonyl (C=O) groups is 2. The molecule has 0 aliphatic rings. The summed E-state index contributed by atoms with van der Waals surface area (Å²) in [5.41, 5.74) is 1.15. The molecule has 136 valence electrons. The van der Waals surface area contributed by atoms with Crippen molar-refractivity contribution in [3.05, 3.63) is 84.4 Å². The van der Waals surface area contributed by atoms with Gasteiger partial charge in [-0.25, -0.2) is 0 Å². The lowest BCUT2D eigenvalue weighted by Gasteiger charge is -2.12. The van der Waals surface area contributed by atoms with E-state index in [-0.39, 0.29) is 18.3 Å². The van der Waals surface area contributed by atoms with E-state index in [4.69, 9.17) is 9.47 Å². The van der Waals surface area contributed by atoms with Gasteiger partial charge in [0.25, 0.3) is 5.91 Å². The van der Waals surface area contributed by atoms with Crippen molar-refractivity contribution in [3.8, 4) is 17.2 Å². The molecule has 0 unspecified atom stereocenters. The monoisotopic (exact) mass is 361 g/mol. The molecule has 0 aliphatic carbocycles. The van der Waals surface area contributed by atoms with Crippen LogP contribution in [-0.4, -0.2) is 18.3 Å². The summed E-state index contributed by atoms with van der Waals surface area (Å²) in [7, 11) is 0. The molecule has 0 bridgehead atoms. The van der Waals surface area contributed by atoms with E-state index in [1.54, 1.807) is 36.4 Å². The lowest BCUT2D eigenvalue weighted by molar-refractivity contribution is -0.118. The van der Waals surface area contributed by atoms with Gasteiger partial charge in [0.15, 0.2) is 18.1 Å². The zero-order valence-electron chi connectivity index (χ0n) is 14.8. The fourth-order valence-corrected chi connectivity index (χ4v) is 2.40. The van der Waals surface area contributed by atoms with Crippen LogP contribution in [0.1, 0.15) is 17.3 Å². The van der Waals surface area contributed by atoms with Gasteiger partial charge in [-0.1, -0.05) is 30.3 Å². The van der Waals surface area contributed by atoms with Crippen LogP contribution in [0.5, 0.6) is 17.2 Å². The molecular formula is C22H19NO4. The number of nitrogens with one attached hydrogen (secondary N) is 1. The normalized spacial score (nSPS) is 10.1. The summed E-state index contributed by atoms with van der Waals surface area (Å²) in [6, 6.07) is 23.2. The zero-order chi connectivity index (χ0) is 19.1. The topological polar surface area (TPSA) is 64.6 Å². The highest BCUT2D eigenvalue weighted by Crippen LogP contribution is 2.29. The molecule has 1 amide bonds. The van der Waals surface area contributed by atoms with Gasteiger partial charge in [-0.2, -0.15) is 0 Å². The standard InChI is InChI=1S/C22H19NO4/c1-16(24)17-11-13-18(14-12-17)26-15-22(25)23-20-9-5-6-10-21(20)27-19-7-3-2-4-8-19/h2-14H,15H2,1H3,(H,23,25). The lowest BCUT2D eigenvalue weighted by atomic mass is 10.1. The van der Waals surface area contributed by atoms with Crippen molar-refractivity contribution < 1.29 is 19.1 Å². The SMILES string of the molecule is CC(=O)c1ccc(OCC(=O)Nc2ccccc2Oc2ccccc2)cc1. The van der Waals surface area contributed by atoms with Crippen LogP contribution in [0.3, 0.4) is 0 Å². The van der Waals surface area contributed by atoms with Crippen molar-refractivity contribution in [1.29, 1.82) is 0 Å². The summed E-state index contributed by atoms with van der Waals surface area (Å²) < 4.78 is 11.3. The van der Waals surface area contributed by atoms with Crippen LogP contribution in [0.2, 0.25) is 0 Å². The number of ether oxygens (including phenoxy) is 2. The molecular weight excluding hydrogens is 342 g/mol. The third kappa shape index (κ3) is 5.19. The first-order valence-corrected chi connectivity index (χ1v) is 8.47. The maximum absolute atomic E-state index is 12.2. The van der Waals surface area contributed by atoms with Crippen LogP contribution < -0.4 is 14.8 Å². The summed E-state index contributed by atoms with van der Waals surface area (Å²) >= 11 is 0. The highest BCUT2D eigenvalue weighted by molar-refractivity contribution is 5.94. The minimum absolute atomic E-state index is 0.0192. The quantitative estimate of drug-likeness (QED) is 0.620. The maximum atomic E-state index is 12.2. The number of hydrogen-bond acceptors (Lipinski definition) is 4. The number of para-hydroxylation sites is 3.